The molecule has 2 fully saturated rings. The molecule has 0 radical (unpaired) electrons. The lowest BCUT2D eigenvalue weighted by molar-refractivity contribution is -0.124. The molecule has 142 valence electrons. The Labute approximate surface area is 162 Å². The summed E-state index contributed by atoms with van der Waals surface area (Å²) in [6.07, 6.45) is 5.24. The fourth-order valence-corrected chi connectivity index (χ4v) is 3.49. The largest absolute Gasteiger partial charge is 0.356 e. The summed E-state index contributed by atoms with van der Waals surface area (Å²) in [5.74, 6) is 2.00. The number of aromatic nitrogens is 2. The molecule has 0 aromatic carbocycles. The smallest absolute Gasteiger partial charge is 0.237 e. The van der Waals surface area contributed by atoms with Crippen LogP contribution in [0.25, 0.3) is 0 Å². The van der Waals surface area contributed by atoms with Crippen molar-refractivity contribution in [3.8, 4) is 0 Å². The Bertz CT molecular complexity index is 538. The summed E-state index contributed by atoms with van der Waals surface area (Å²) in [6.45, 7) is 6.75. The van der Waals surface area contributed by atoms with Gasteiger partial charge in [0, 0.05) is 30.9 Å². The number of piperidine rings is 2. The predicted molar refractivity (Wildman–Crippen MR) is 105 cm³/mol. The quantitative estimate of drug-likeness (QED) is 0.828. The van der Waals surface area contributed by atoms with Crippen LogP contribution in [0.5, 0.6) is 0 Å². The Hall–Kier alpha value is -1.11. The number of nitrogens with zero attached hydrogens (tertiary/aromatic N) is 3. The third-order valence-electron chi connectivity index (χ3n) is 4.74. The van der Waals surface area contributed by atoms with Gasteiger partial charge in [-0.3, -0.25) is 4.79 Å². The number of carbonyl (C=O) groups excluding carboxylic acids is 1. The Morgan fingerprint density at radius 3 is 2.48 bits per heavy atom. The van der Waals surface area contributed by atoms with E-state index in [0.717, 1.165) is 62.7 Å². The molecule has 1 aromatic heterocycles. The predicted octanol–water partition coefficient (Wildman–Crippen LogP) is 2.16. The van der Waals surface area contributed by atoms with Crippen LogP contribution in [0.4, 0.5) is 5.82 Å². The molecule has 2 aliphatic rings. The van der Waals surface area contributed by atoms with Crippen molar-refractivity contribution >= 4 is 36.5 Å². The monoisotopic (exact) mass is 389 g/mol. The molecule has 0 unspecified atom stereocenters. The number of halogens is 2. The van der Waals surface area contributed by atoms with Crippen LogP contribution in [-0.4, -0.2) is 47.6 Å². The summed E-state index contributed by atoms with van der Waals surface area (Å²) < 4.78 is 0. The van der Waals surface area contributed by atoms with Gasteiger partial charge in [0.25, 0.3) is 0 Å². The molecule has 2 N–H and O–H groups in total. The summed E-state index contributed by atoms with van der Waals surface area (Å²) in [7, 11) is 0. The van der Waals surface area contributed by atoms with E-state index in [4.69, 9.17) is 0 Å². The fraction of sp³-hybridized carbons (Fsp3) is 0.706. The van der Waals surface area contributed by atoms with Gasteiger partial charge in [0.05, 0.1) is 6.04 Å². The molecule has 0 spiro atoms. The Morgan fingerprint density at radius 2 is 1.88 bits per heavy atom. The lowest BCUT2D eigenvalue weighted by Gasteiger charge is -2.34. The molecule has 1 amide bonds. The zero-order chi connectivity index (χ0) is 16.2. The fourth-order valence-electron chi connectivity index (χ4n) is 3.49. The van der Waals surface area contributed by atoms with Gasteiger partial charge in [0.15, 0.2) is 0 Å². The minimum Gasteiger partial charge on any atom is -0.356 e. The van der Waals surface area contributed by atoms with Crippen LogP contribution in [0, 0.1) is 13.8 Å². The first-order valence-corrected chi connectivity index (χ1v) is 8.73. The van der Waals surface area contributed by atoms with Crippen molar-refractivity contribution in [3.63, 3.8) is 0 Å². The number of amides is 1. The molecule has 0 aliphatic carbocycles. The standard InChI is InChI=1S/C17H27N5O.2ClH/c1-12-11-16(20-13(2)19-12)22-9-6-14(7-10-22)21-17(23)15-5-3-4-8-18-15;;/h11,14-15,18H,3-10H2,1-2H3,(H,21,23);2*1H/t15-;;/m1../s1. The van der Waals surface area contributed by atoms with Crippen molar-refractivity contribution < 1.29 is 4.79 Å². The third kappa shape index (κ3) is 5.97. The van der Waals surface area contributed by atoms with Gasteiger partial charge in [-0.2, -0.15) is 0 Å². The normalized spacial score (nSPS) is 21.0. The van der Waals surface area contributed by atoms with Crippen LogP contribution in [0.3, 0.4) is 0 Å². The molecule has 3 heterocycles. The van der Waals surface area contributed by atoms with Crippen LogP contribution >= 0.6 is 24.8 Å². The van der Waals surface area contributed by atoms with Gasteiger partial charge in [-0.1, -0.05) is 6.42 Å². The molecule has 3 rings (SSSR count). The molecule has 6 nitrogen and oxygen atoms in total. The molecule has 0 saturated carbocycles. The van der Waals surface area contributed by atoms with E-state index in [2.05, 4.69) is 25.5 Å². The van der Waals surface area contributed by atoms with E-state index in [9.17, 15) is 4.79 Å². The van der Waals surface area contributed by atoms with E-state index in [-0.39, 0.29) is 42.8 Å². The topological polar surface area (TPSA) is 70.2 Å². The van der Waals surface area contributed by atoms with Crippen molar-refractivity contribution in [2.75, 3.05) is 24.5 Å². The molecule has 1 atom stereocenters. The van der Waals surface area contributed by atoms with Gasteiger partial charge in [-0.15, -0.1) is 24.8 Å². The maximum Gasteiger partial charge on any atom is 0.237 e. The third-order valence-corrected chi connectivity index (χ3v) is 4.74. The summed E-state index contributed by atoms with van der Waals surface area (Å²) in [5.41, 5.74) is 1.01. The summed E-state index contributed by atoms with van der Waals surface area (Å²) in [6, 6.07) is 2.33. The number of aryl methyl sites for hydroxylation is 2. The molecular formula is C17H29Cl2N5O. The van der Waals surface area contributed by atoms with Gasteiger partial charge < -0.3 is 15.5 Å². The molecular weight excluding hydrogens is 361 g/mol. The van der Waals surface area contributed by atoms with E-state index < -0.39 is 0 Å². The molecule has 8 heteroatoms. The highest BCUT2D eigenvalue weighted by molar-refractivity contribution is 5.85. The number of carbonyl (C=O) groups is 1. The molecule has 25 heavy (non-hydrogen) atoms. The summed E-state index contributed by atoms with van der Waals surface area (Å²) in [4.78, 5) is 23.5. The van der Waals surface area contributed by atoms with Crippen LogP contribution in [-0.2, 0) is 4.79 Å². The summed E-state index contributed by atoms with van der Waals surface area (Å²) >= 11 is 0. The van der Waals surface area contributed by atoms with Crippen molar-refractivity contribution in [1.29, 1.82) is 0 Å². The van der Waals surface area contributed by atoms with Gasteiger partial charge in [-0.25, -0.2) is 9.97 Å². The maximum atomic E-state index is 12.3. The van der Waals surface area contributed by atoms with Crippen LogP contribution in [0.15, 0.2) is 6.07 Å². The van der Waals surface area contributed by atoms with Crippen molar-refractivity contribution in [3.05, 3.63) is 17.6 Å². The second-order valence-electron chi connectivity index (χ2n) is 6.69. The van der Waals surface area contributed by atoms with Gasteiger partial charge in [0.1, 0.15) is 11.6 Å². The van der Waals surface area contributed by atoms with E-state index in [0.29, 0.717) is 0 Å². The number of anilines is 1. The van der Waals surface area contributed by atoms with E-state index >= 15 is 0 Å². The first-order valence-electron chi connectivity index (χ1n) is 8.73. The first kappa shape index (κ1) is 21.9. The van der Waals surface area contributed by atoms with Crippen molar-refractivity contribution in [2.45, 2.75) is 58.0 Å². The highest BCUT2D eigenvalue weighted by atomic mass is 35.5. The van der Waals surface area contributed by atoms with Gasteiger partial charge in [0.2, 0.25) is 5.91 Å². The highest BCUT2D eigenvalue weighted by Gasteiger charge is 2.26. The maximum absolute atomic E-state index is 12.3. The minimum atomic E-state index is 0. The van der Waals surface area contributed by atoms with Gasteiger partial charge in [-0.05, 0) is 46.1 Å². The minimum absolute atomic E-state index is 0. The van der Waals surface area contributed by atoms with Gasteiger partial charge >= 0.3 is 0 Å². The average Bonchev–Trinajstić information content (AvgIpc) is 2.55. The number of rotatable bonds is 3. The zero-order valence-corrected chi connectivity index (χ0v) is 16.6. The number of hydrogen-bond acceptors (Lipinski definition) is 5. The van der Waals surface area contributed by atoms with Crippen LogP contribution in [0.2, 0.25) is 0 Å². The van der Waals surface area contributed by atoms with Crippen molar-refractivity contribution in [1.82, 2.24) is 20.6 Å². The Balaban J connectivity index is 0.00000156. The van der Waals surface area contributed by atoms with Crippen molar-refractivity contribution in [2.24, 2.45) is 0 Å². The van der Waals surface area contributed by atoms with E-state index in [1.807, 2.05) is 19.9 Å². The number of nitrogens with one attached hydrogen (secondary N) is 2. The highest BCUT2D eigenvalue weighted by Crippen LogP contribution is 2.19. The molecule has 2 saturated heterocycles. The second-order valence-corrected chi connectivity index (χ2v) is 6.69. The first-order chi connectivity index (χ1) is 11.1. The molecule has 1 aromatic rings. The van der Waals surface area contributed by atoms with Crippen LogP contribution in [0.1, 0.15) is 43.6 Å². The zero-order valence-electron chi connectivity index (χ0n) is 15.0. The summed E-state index contributed by atoms with van der Waals surface area (Å²) in [5, 5.41) is 6.54. The van der Waals surface area contributed by atoms with E-state index in [1.54, 1.807) is 0 Å². The SMILES string of the molecule is Cc1cc(N2CCC(NC(=O)[C@H]3CCCCN3)CC2)nc(C)n1.Cl.Cl. The molecule has 2 aliphatic heterocycles. The van der Waals surface area contributed by atoms with Crippen LogP contribution < -0.4 is 15.5 Å². The molecule has 0 bridgehead atoms. The average molecular weight is 390 g/mol. The Morgan fingerprint density at radius 1 is 1.16 bits per heavy atom. The van der Waals surface area contributed by atoms with E-state index in [1.165, 1.54) is 6.42 Å². The Kier molecular flexibility index (Phi) is 8.89. The lowest BCUT2D eigenvalue weighted by Crippen LogP contribution is -2.52. The second kappa shape index (κ2) is 10.1. The lowest BCUT2D eigenvalue weighted by atomic mass is 10.0. The number of hydrogen-bond donors (Lipinski definition) is 2.